The highest BCUT2D eigenvalue weighted by Crippen LogP contribution is 2.47. The van der Waals surface area contributed by atoms with Crippen LogP contribution in [-0.4, -0.2) is 28.1 Å². The van der Waals surface area contributed by atoms with Gasteiger partial charge in [0.25, 0.3) is 0 Å². The Kier molecular flexibility index (Phi) is 3.87. The maximum Gasteiger partial charge on any atom is 0.470 e. The molecule has 7 nitrogen and oxygen atoms in total. The molecule has 0 aliphatic heterocycles. The molecule has 0 aromatic carbocycles. The van der Waals surface area contributed by atoms with Crippen LogP contribution in [0.1, 0.15) is 0 Å². The Hall–Kier alpha value is 0.260. The fourth-order valence-electron chi connectivity index (χ4n) is 0.201. The van der Waals surface area contributed by atoms with Crippen LogP contribution in [-0.2, 0) is 18.2 Å². The molecular formula is C2H8O7P2. The minimum Gasteiger partial charge on any atom is -0.323 e. The Labute approximate surface area is 62.7 Å². The zero-order valence-corrected chi connectivity index (χ0v) is 7.37. The lowest BCUT2D eigenvalue weighted by Crippen LogP contribution is -1.95. The molecule has 0 amide bonds. The summed E-state index contributed by atoms with van der Waals surface area (Å²) in [5.41, 5.74) is 0. The van der Waals surface area contributed by atoms with E-state index in [9.17, 15) is 9.13 Å². The second-order valence-corrected chi connectivity index (χ2v) is 4.71. The third kappa shape index (κ3) is 6.65. The highest BCUT2D eigenvalue weighted by Gasteiger charge is 2.24. The molecule has 0 saturated heterocycles. The summed E-state index contributed by atoms with van der Waals surface area (Å²) in [5, 5.41) is 0. The summed E-state index contributed by atoms with van der Waals surface area (Å²) in [5.74, 6) is 0. The van der Waals surface area contributed by atoms with Gasteiger partial charge >= 0.3 is 15.4 Å². The Morgan fingerprint density at radius 2 is 1.73 bits per heavy atom. The standard InChI is InChI=1S/C2H8O7P2/c1-8-10(3,4)2-9-11(5,6)7/h2H2,1H3,(H,3,4)(H2,5,6,7). The van der Waals surface area contributed by atoms with Crippen molar-refractivity contribution in [1.82, 2.24) is 0 Å². The van der Waals surface area contributed by atoms with E-state index in [0.717, 1.165) is 7.11 Å². The molecule has 0 fully saturated rings. The highest BCUT2D eigenvalue weighted by molar-refractivity contribution is 7.53. The van der Waals surface area contributed by atoms with Crippen molar-refractivity contribution >= 4 is 15.4 Å². The Bertz CT molecular complexity index is 204. The van der Waals surface area contributed by atoms with Crippen molar-refractivity contribution < 1.29 is 32.9 Å². The minimum atomic E-state index is -4.69. The first kappa shape index (κ1) is 11.3. The van der Waals surface area contributed by atoms with Gasteiger partial charge in [-0.2, -0.15) is 0 Å². The predicted molar refractivity (Wildman–Crippen MR) is 34.8 cm³/mol. The van der Waals surface area contributed by atoms with Gasteiger partial charge in [0.2, 0.25) is 0 Å². The van der Waals surface area contributed by atoms with Crippen molar-refractivity contribution in [1.29, 1.82) is 0 Å². The fraction of sp³-hybridized carbons (Fsp3) is 1.00. The molecule has 1 unspecified atom stereocenters. The van der Waals surface area contributed by atoms with Crippen LogP contribution in [0.15, 0.2) is 0 Å². The average Bonchev–Trinajstić information content (AvgIpc) is 1.83. The van der Waals surface area contributed by atoms with Gasteiger partial charge in [-0.3, -0.25) is 9.09 Å². The van der Waals surface area contributed by atoms with E-state index in [0.29, 0.717) is 0 Å². The van der Waals surface area contributed by atoms with E-state index in [1.54, 1.807) is 0 Å². The Balaban J connectivity index is 3.91. The van der Waals surface area contributed by atoms with Gasteiger partial charge in [0.15, 0.2) is 6.35 Å². The normalized spacial score (nSPS) is 17.8. The molecule has 3 N–H and O–H groups in total. The lowest BCUT2D eigenvalue weighted by Gasteiger charge is -2.09. The minimum absolute atomic E-state index is 0.934. The molecule has 11 heavy (non-hydrogen) atoms. The SMILES string of the molecule is COP(=O)(O)COP(=O)(O)O. The van der Waals surface area contributed by atoms with Crippen LogP contribution < -0.4 is 0 Å². The first-order chi connectivity index (χ1) is 4.77. The van der Waals surface area contributed by atoms with Crippen LogP contribution in [0.5, 0.6) is 0 Å². The van der Waals surface area contributed by atoms with Crippen LogP contribution in [0.25, 0.3) is 0 Å². The number of rotatable bonds is 4. The maximum absolute atomic E-state index is 10.5. The lowest BCUT2D eigenvalue weighted by atomic mass is 11.7. The first-order valence-electron chi connectivity index (χ1n) is 2.34. The zero-order chi connectivity index (χ0) is 9.12. The summed E-state index contributed by atoms with van der Waals surface area (Å²) in [7, 11) is -7.74. The van der Waals surface area contributed by atoms with Gasteiger partial charge < -0.3 is 19.2 Å². The van der Waals surface area contributed by atoms with Crippen molar-refractivity contribution in [2.45, 2.75) is 0 Å². The predicted octanol–water partition coefficient (Wildman–Crippen LogP) is -0.115. The molecule has 1 atom stereocenters. The van der Waals surface area contributed by atoms with Gasteiger partial charge in [-0.05, 0) is 0 Å². The molecule has 0 saturated carbocycles. The van der Waals surface area contributed by atoms with Gasteiger partial charge in [0, 0.05) is 7.11 Å². The van der Waals surface area contributed by atoms with Gasteiger partial charge in [-0.1, -0.05) is 0 Å². The highest BCUT2D eigenvalue weighted by atomic mass is 31.2. The summed E-state index contributed by atoms with van der Waals surface area (Å²) < 4.78 is 28.2. The van der Waals surface area contributed by atoms with Crippen LogP contribution in [0.2, 0.25) is 0 Å². The van der Waals surface area contributed by atoms with Crippen molar-refractivity contribution in [3.63, 3.8) is 0 Å². The summed E-state index contributed by atoms with van der Waals surface area (Å²) in [6.45, 7) is 0. The van der Waals surface area contributed by atoms with Crippen LogP contribution in [0.3, 0.4) is 0 Å². The van der Waals surface area contributed by atoms with E-state index >= 15 is 0 Å². The quantitative estimate of drug-likeness (QED) is 0.549. The molecule has 68 valence electrons. The summed E-state index contributed by atoms with van der Waals surface area (Å²) >= 11 is 0. The molecule has 0 aliphatic rings. The van der Waals surface area contributed by atoms with Crippen molar-refractivity contribution in [3.8, 4) is 0 Å². The van der Waals surface area contributed by atoms with Crippen LogP contribution in [0.4, 0.5) is 0 Å². The van der Waals surface area contributed by atoms with E-state index < -0.39 is 21.8 Å². The topological polar surface area (TPSA) is 113 Å². The number of hydrogen-bond donors (Lipinski definition) is 3. The second kappa shape index (κ2) is 3.78. The van der Waals surface area contributed by atoms with Crippen molar-refractivity contribution in [2.24, 2.45) is 0 Å². The molecule has 0 rings (SSSR count). The molecule has 0 bridgehead atoms. The molecule has 9 heteroatoms. The van der Waals surface area contributed by atoms with Gasteiger partial charge in [-0.25, -0.2) is 4.57 Å². The van der Waals surface area contributed by atoms with Crippen LogP contribution >= 0.6 is 15.4 Å². The third-order valence-corrected chi connectivity index (χ3v) is 2.37. The van der Waals surface area contributed by atoms with E-state index in [2.05, 4.69) is 9.05 Å². The molecule has 0 aliphatic carbocycles. The summed E-state index contributed by atoms with van der Waals surface area (Å²) in [6, 6.07) is 0. The van der Waals surface area contributed by atoms with Gasteiger partial charge in [0.1, 0.15) is 0 Å². The smallest absolute Gasteiger partial charge is 0.323 e. The first-order valence-corrected chi connectivity index (χ1v) is 5.64. The van der Waals surface area contributed by atoms with E-state index in [1.165, 1.54) is 0 Å². The molecule has 0 radical (unpaired) electrons. The molecular weight excluding hydrogens is 198 g/mol. The monoisotopic (exact) mass is 206 g/mol. The summed E-state index contributed by atoms with van der Waals surface area (Å²) in [4.78, 5) is 24.7. The number of phosphoric acid groups is 1. The maximum atomic E-state index is 10.5. The third-order valence-electron chi connectivity index (χ3n) is 0.674. The number of phosphoric ester groups is 1. The van der Waals surface area contributed by atoms with E-state index in [1.807, 2.05) is 0 Å². The van der Waals surface area contributed by atoms with E-state index in [-0.39, 0.29) is 0 Å². The molecule has 0 aromatic heterocycles. The largest absolute Gasteiger partial charge is 0.470 e. The van der Waals surface area contributed by atoms with Crippen molar-refractivity contribution in [2.75, 3.05) is 13.5 Å². The average molecular weight is 206 g/mol. The molecule has 0 heterocycles. The van der Waals surface area contributed by atoms with Gasteiger partial charge in [0.05, 0.1) is 0 Å². The van der Waals surface area contributed by atoms with Gasteiger partial charge in [-0.15, -0.1) is 0 Å². The second-order valence-electron chi connectivity index (χ2n) is 1.57. The Morgan fingerprint density at radius 3 is 2.00 bits per heavy atom. The zero-order valence-electron chi connectivity index (χ0n) is 5.58. The molecule has 0 spiro atoms. The van der Waals surface area contributed by atoms with Crippen LogP contribution in [0, 0.1) is 0 Å². The number of hydrogen-bond acceptors (Lipinski definition) is 4. The van der Waals surface area contributed by atoms with Crippen molar-refractivity contribution in [3.05, 3.63) is 0 Å². The Morgan fingerprint density at radius 1 is 1.27 bits per heavy atom. The molecule has 0 aromatic rings. The fourth-order valence-corrected chi connectivity index (χ4v) is 1.49. The van der Waals surface area contributed by atoms with E-state index in [4.69, 9.17) is 14.7 Å². The summed E-state index contributed by atoms with van der Waals surface area (Å²) in [6.07, 6.45) is -1.02. The lowest BCUT2D eigenvalue weighted by molar-refractivity contribution is 0.201.